The Labute approximate surface area is 219 Å². The number of hydrazone groups is 1. The molecule has 3 aromatic rings. The molecule has 0 spiro atoms. The summed E-state index contributed by atoms with van der Waals surface area (Å²) in [6.07, 6.45) is 1.49. The van der Waals surface area contributed by atoms with Crippen LogP contribution in [0, 0.1) is 5.82 Å². The van der Waals surface area contributed by atoms with Gasteiger partial charge in [-0.3, -0.25) is 5.43 Å². The number of rotatable bonds is 7. The largest absolute Gasteiger partial charge is 0.380 e. The van der Waals surface area contributed by atoms with Crippen molar-refractivity contribution >= 4 is 63.8 Å². The lowest BCUT2D eigenvalue weighted by Gasteiger charge is -2.37. The topological polar surface area (TPSA) is 68.9 Å². The molecule has 10 heteroatoms. The second-order valence-corrected chi connectivity index (χ2v) is 9.37. The van der Waals surface area contributed by atoms with Crippen LogP contribution in [-0.4, -0.2) is 37.5 Å². The van der Waals surface area contributed by atoms with Crippen LogP contribution in [0.1, 0.15) is 11.1 Å². The summed E-state index contributed by atoms with van der Waals surface area (Å²) >= 11 is 16.9. The Morgan fingerprint density at radius 1 is 1.00 bits per heavy atom. The number of piperazine rings is 1. The molecule has 1 fully saturated rings. The summed E-state index contributed by atoms with van der Waals surface area (Å²) < 4.78 is 15.2. The lowest BCUT2D eigenvalue weighted by molar-refractivity contribution is 0.598. The van der Waals surface area contributed by atoms with Crippen molar-refractivity contribution in [3.63, 3.8) is 0 Å². The molecule has 1 heterocycles. The van der Waals surface area contributed by atoms with Crippen molar-refractivity contribution in [3.8, 4) is 0 Å². The van der Waals surface area contributed by atoms with Crippen LogP contribution >= 0.6 is 35.4 Å². The number of hydrogen-bond donors (Lipinski definition) is 3. The molecule has 182 valence electrons. The highest BCUT2D eigenvalue weighted by Crippen LogP contribution is 2.29. The highest BCUT2D eigenvalue weighted by Gasteiger charge is 2.21. The Morgan fingerprint density at radius 2 is 1.71 bits per heavy atom. The van der Waals surface area contributed by atoms with Gasteiger partial charge in [-0.15, -0.1) is 0 Å². The van der Waals surface area contributed by atoms with Crippen LogP contribution in [-0.2, 0) is 6.54 Å². The van der Waals surface area contributed by atoms with Crippen molar-refractivity contribution in [2.75, 3.05) is 41.3 Å². The molecule has 0 amide bonds. The number of nitrogens with two attached hydrogens (primary N) is 1. The molecule has 0 aliphatic carbocycles. The predicted molar refractivity (Wildman–Crippen MR) is 149 cm³/mol. The smallest absolute Gasteiger partial charge is 0.184 e. The average molecular weight is 531 g/mol. The molecule has 0 radical (unpaired) electrons. The first-order valence-corrected chi connectivity index (χ1v) is 12.2. The minimum Gasteiger partial charge on any atom is -0.380 e. The summed E-state index contributed by atoms with van der Waals surface area (Å²) in [5, 5.41) is 8.81. The maximum Gasteiger partial charge on any atom is 0.184 e. The van der Waals surface area contributed by atoms with Gasteiger partial charge in [-0.25, -0.2) is 4.39 Å². The Kier molecular flexibility index (Phi) is 8.28. The summed E-state index contributed by atoms with van der Waals surface area (Å²) in [5.74, 6) is -0.324. The van der Waals surface area contributed by atoms with E-state index in [1.54, 1.807) is 0 Å². The summed E-state index contributed by atoms with van der Waals surface area (Å²) in [7, 11) is 0. The van der Waals surface area contributed by atoms with Crippen molar-refractivity contribution in [3.05, 3.63) is 87.7 Å². The fourth-order valence-corrected chi connectivity index (χ4v) is 4.29. The number of nitrogens with one attached hydrogen (secondary N) is 2. The Bertz CT molecular complexity index is 1210. The summed E-state index contributed by atoms with van der Waals surface area (Å²) in [6, 6.07) is 18.6. The van der Waals surface area contributed by atoms with E-state index in [2.05, 4.69) is 25.6 Å². The fraction of sp³-hybridized carbons (Fsp3) is 0.200. The zero-order chi connectivity index (χ0) is 24.8. The molecule has 0 aromatic heterocycles. The van der Waals surface area contributed by atoms with E-state index in [4.69, 9.17) is 41.2 Å². The van der Waals surface area contributed by atoms with E-state index in [-0.39, 0.29) is 10.9 Å². The summed E-state index contributed by atoms with van der Waals surface area (Å²) in [4.78, 5) is 4.31. The Balaban J connectivity index is 1.53. The molecule has 4 rings (SSSR count). The highest BCUT2D eigenvalue weighted by molar-refractivity contribution is 7.80. The monoisotopic (exact) mass is 530 g/mol. The zero-order valence-electron chi connectivity index (χ0n) is 18.8. The fourth-order valence-electron chi connectivity index (χ4n) is 3.92. The third-order valence-corrected chi connectivity index (χ3v) is 6.27. The predicted octanol–water partition coefficient (Wildman–Crippen LogP) is 5.24. The van der Waals surface area contributed by atoms with E-state index in [1.807, 2.05) is 54.6 Å². The summed E-state index contributed by atoms with van der Waals surface area (Å²) in [5.41, 5.74) is 11.9. The van der Waals surface area contributed by atoms with Crippen molar-refractivity contribution in [1.29, 1.82) is 0 Å². The van der Waals surface area contributed by atoms with Gasteiger partial charge in [-0.1, -0.05) is 41.4 Å². The lowest BCUT2D eigenvalue weighted by atomic mass is 10.1. The first-order valence-electron chi connectivity index (χ1n) is 11.0. The molecule has 6 nitrogen and oxygen atoms in total. The van der Waals surface area contributed by atoms with Crippen LogP contribution < -0.4 is 26.3 Å². The van der Waals surface area contributed by atoms with Gasteiger partial charge < -0.3 is 20.9 Å². The number of benzene rings is 3. The number of halogens is 3. The van der Waals surface area contributed by atoms with Crippen molar-refractivity contribution < 1.29 is 4.39 Å². The van der Waals surface area contributed by atoms with Crippen LogP contribution in [0.4, 0.5) is 21.5 Å². The maximum atomic E-state index is 15.2. The normalized spacial score (nSPS) is 13.8. The molecule has 0 bridgehead atoms. The molecule has 35 heavy (non-hydrogen) atoms. The molecule has 0 unspecified atom stereocenters. The lowest BCUT2D eigenvalue weighted by Crippen LogP contribution is -2.46. The molecule has 1 aliphatic rings. The average Bonchev–Trinajstić information content (AvgIpc) is 2.84. The second kappa shape index (κ2) is 11.6. The molecule has 0 saturated carbocycles. The van der Waals surface area contributed by atoms with Crippen LogP contribution in [0.5, 0.6) is 0 Å². The van der Waals surface area contributed by atoms with Crippen molar-refractivity contribution in [1.82, 2.24) is 5.43 Å². The minimum absolute atomic E-state index is 0.0339. The minimum atomic E-state index is -0.324. The number of nitrogens with zero attached hydrogens (tertiary/aromatic N) is 3. The van der Waals surface area contributed by atoms with Gasteiger partial charge in [0.05, 0.1) is 11.9 Å². The van der Waals surface area contributed by atoms with E-state index in [0.29, 0.717) is 40.9 Å². The summed E-state index contributed by atoms with van der Waals surface area (Å²) in [6.45, 7) is 3.41. The highest BCUT2D eigenvalue weighted by atomic mass is 35.5. The van der Waals surface area contributed by atoms with Crippen molar-refractivity contribution in [2.45, 2.75) is 6.54 Å². The SMILES string of the molecule is NC(=S)N/N=C/c1cc(F)c(N2CCN(c3cccc(Cl)c3)CC2)cc1NCc1ccc(Cl)cc1. The number of thiocarbonyl (C=S) groups is 1. The third kappa shape index (κ3) is 6.75. The maximum absolute atomic E-state index is 15.2. The van der Waals surface area contributed by atoms with Gasteiger partial charge in [-0.05, 0) is 60.2 Å². The van der Waals surface area contributed by atoms with E-state index in [9.17, 15) is 0 Å². The number of hydrogen-bond acceptors (Lipinski definition) is 5. The van der Waals surface area contributed by atoms with Gasteiger partial charge in [0.25, 0.3) is 0 Å². The van der Waals surface area contributed by atoms with Gasteiger partial charge in [0.15, 0.2) is 5.11 Å². The van der Waals surface area contributed by atoms with Gasteiger partial charge in [0, 0.05) is 59.7 Å². The quantitative estimate of drug-likeness (QED) is 0.220. The second-order valence-electron chi connectivity index (χ2n) is 8.06. The molecule has 3 aromatic carbocycles. The van der Waals surface area contributed by atoms with Crippen LogP contribution in [0.3, 0.4) is 0 Å². The third-order valence-electron chi connectivity index (χ3n) is 5.69. The van der Waals surface area contributed by atoms with E-state index < -0.39 is 0 Å². The van der Waals surface area contributed by atoms with E-state index in [0.717, 1.165) is 30.0 Å². The van der Waals surface area contributed by atoms with Crippen LogP contribution in [0.2, 0.25) is 10.0 Å². The molecule has 4 N–H and O–H groups in total. The first-order chi connectivity index (χ1) is 16.9. The first kappa shape index (κ1) is 25.0. The van der Waals surface area contributed by atoms with Crippen LogP contribution in [0.15, 0.2) is 65.8 Å². The Morgan fingerprint density at radius 3 is 2.40 bits per heavy atom. The Hall–Kier alpha value is -3.07. The van der Waals surface area contributed by atoms with E-state index >= 15 is 4.39 Å². The number of anilines is 3. The molecular formula is C25H25Cl2FN6S. The molecule has 1 aliphatic heterocycles. The van der Waals surface area contributed by atoms with Gasteiger partial charge in [0.1, 0.15) is 5.82 Å². The molecule has 1 saturated heterocycles. The van der Waals surface area contributed by atoms with Crippen LogP contribution in [0.25, 0.3) is 0 Å². The zero-order valence-corrected chi connectivity index (χ0v) is 21.2. The van der Waals surface area contributed by atoms with E-state index in [1.165, 1.54) is 12.3 Å². The van der Waals surface area contributed by atoms with Gasteiger partial charge >= 0.3 is 0 Å². The van der Waals surface area contributed by atoms with Gasteiger partial charge in [0.2, 0.25) is 0 Å². The van der Waals surface area contributed by atoms with Crippen molar-refractivity contribution in [2.24, 2.45) is 10.8 Å². The standard InChI is InChI=1S/C25H25Cl2FN6S/c26-19-6-4-17(5-7-19)15-30-23-14-24(22(28)12-18(23)16-31-32-25(29)35)34-10-8-33(9-11-34)21-3-1-2-20(27)13-21/h1-7,12-14,16,30H,8-11,15H2,(H3,29,32,35)/b31-16+. The molecule has 0 atom stereocenters. The molecular weight excluding hydrogens is 506 g/mol. The van der Waals surface area contributed by atoms with Gasteiger partial charge in [-0.2, -0.15) is 5.10 Å².